The first-order valence-corrected chi connectivity index (χ1v) is 6.23. The van der Waals surface area contributed by atoms with E-state index >= 15 is 0 Å². The molecule has 2 aromatic rings. The number of thiazole rings is 1. The molecule has 2 heterocycles. The number of nitrogens with zero attached hydrogens (tertiary/aromatic N) is 3. The minimum Gasteiger partial charge on any atom is -0.325 e. The van der Waals surface area contributed by atoms with E-state index in [1.165, 1.54) is 6.42 Å². The van der Waals surface area contributed by atoms with Gasteiger partial charge in [0.2, 0.25) is 0 Å². The van der Waals surface area contributed by atoms with E-state index in [4.69, 9.17) is 5.73 Å². The number of rotatable bonds is 3. The SMILES string of the molecule is NC1(Cc2csc(-c3cn[nH]n3)n2)CCC1. The van der Waals surface area contributed by atoms with Crippen molar-refractivity contribution in [3.63, 3.8) is 0 Å². The topological polar surface area (TPSA) is 80.5 Å². The van der Waals surface area contributed by atoms with Crippen LogP contribution in [0.4, 0.5) is 0 Å². The van der Waals surface area contributed by atoms with Gasteiger partial charge in [-0.25, -0.2) is 4.98 Å². The molecule has 16 heavy (non-hydrogen) atoms. The van der Waals surface area contributed by atoms with Gasteiger partial charge in [-0.1, -0.05) is 0 Å². The molecule has 3 rings (SSSR count). The molecule has 6 heteroatoms. The summed E-state index contributed by atoms with van der Waals surface area (Å²) in [4.78, 5) is 4.54. The highest BCUT2D eigenvalue weighted by molar-refractivity contribution is 7.13. The van der Waals surface area contributed by atoms with Gasteiger partial charge in [0.25, 0.3) is 0 Å². The Balaban J connectivity index is 1.78. The van der Waals surface area contributed by atoms with Crippen LogP contribution in [-0.4, -0.2) is 25.9 Å². The van der Waals surface area contributed by atoms with Gasteiger partial charge in [0, 0.05) is 17.3 Å². The second kappa shape index (κ2) is 3.64. The summed E-state index contributed by atoms with van der Waals surface area (Å²) in [5, 5.41) is 13.4. The minimum atomic E-state index is -0.00479. The average Bonchev–Trinajstić information content (AvgIpc) is 2.83. The molecule has 0 amide bonds. The molecule has 1 fully saturated rings. The molecule has 0 radical (unpaired) electrons. The molecular formula is C10H13N5S. The Hall–Kier alpha value is -1.27. The molecule has 0 spiro atoms. The van der Waals surface area contributed by atoms with Gasteiger partial charge >= 0.3 is 0 Å². The maximum atomic E-state index is 6.19. The van der Waals surface area contributed by atoms with Crippen molar-refractivity contribution in [1.82, 2.24) is 20.4 Å². The third-order valence-corrected chi connectivity index (χ3v) is 3.98. The lowest BCUT2D eigenvalue weighted by Crippen LogP contribution is -2.48. The fourth-order valence-electron chi connectivity index (χ4n) is 1.98. The predicted molar refractivity (Wildman–Crippen MR) is 62.0 cm³/mol. The van der Waals surface area contributed by atoms with Crippen LogP contribution in [0.15, 0.2) is 11.6 Å². The quantitative estimate of drug-likeness (QED) is 0.841. The van der Waals surface area contributed by atoms with Gasteiger partial charge in [-0.2, -0.15) is 15.4 Å². The fraction of sp³-hybridized carbons (Fsp3) is 0.500. The maximum absolute atomic E-state index is 6.19. The summed E-state index contributed by atoms with van der Waals surface area (Å²) in [5.74, 6) is 0. The molecule has 0 aromatic carbocycles. The summed E-state index contributed by atoms with van der Waals surface area (Å²) < 4.78 is 0. The number of aromatic nitrogens is 4. The molecule has 0 aliphatic heterocycles. The Kier molecular flexibility index (Phi) is 2.26. The Labute approximate surface area is 97.1 Å². The highest BCUT2D eigenvalue weighted by Gasteiger charge is 2.33. The molecule has 1 saturated carbocycles. The third-order valence-electron chi connectivity index (χ3n) is 3.07. The zero-order chi connectivity index (χ0) is 11.0. The molecule has 1 aliphatic carbocycles. The van der Waals surface area contributed by atoms with Crippen LogP contribution >= 0.6 is 11.3 Å². The summed E-state index contributed by atoms with van der Waals surface area (Å²) in [6.07, 6.45) is 6.04. The van der Waals surface area contributed by atoms with E-state index in [2.05, 4.69) is 25.8 Å². The Morgan fingerprint density at radius 2 is 2.38 bits per heavy atom. The van der Waals surface area contributed by atoms with Crippen LogP contribution < -0.4 is 5.73 Å². The van der Waals surface area contributed by atoms with Crippen LogP contribution in [0, 0.1) is 0 Å². The molecule has 0 unspecified atom stereocenters. The van der Waals surface area contributed by atoms with E-state index in [0.29, 0.717) is 0 Å². The largest absolute Gasteiger partial charge is 0.325 e. The van der Waals surface area contributed by atoms with Crippen molar-refractivity contribution in [2.24, 2.45) is 5.73 Å². The van der Waals surface area contributed by atoms with Crippen LogP contribution in [0.3, 0.4) is 0 Å². The van der Waals surface area contributed by atoms with Gasteiger partial charge in [0.05, 0.1) is 11.9 Å². The number of hydrogen-bond donors (Lipinski definition) is 2. The van der Waals surface area contributed by atoms with Gasteiger partial charge in [-0.3, -0.25) is 0 Å². The van der Waals surface area contributed by atoms with Gasteiger partial charge in [0.1, 0.15) is 10.7 Å². The first-order valence-electron chi connectivity index (χ1n) is 5.35. The minimum absolute atomic E-state index is 0.00479. The summed E-state index contributed by atoms with van der Waals surface area (Å²) >= 11 is 1.59. The molecule has 0 atom stereocenters. The zero-order valence-corrected chi connectivity index (χ0v) is 9.63. The monoisotopic (exact) mass is 235 g/mol. The smallest absolute Gasteiger partial charge is 0.145 e. The Bertz CT molecular complexity index is 471. The highest BCUT2D eigenvalue weighted by atomic mass is 32.1. The molecule has 84 valence electrons. The van der Waals surface area contributed by atoms with Gasteiger partial charge in [-0.15, -0.1) is 11.3 Å². The molecule has 1 aliphatic rings. The summed E-state index contributed by atoms with van der Waals surface area (Å²) in [7, 11) is 0. The van der Waals surface area contributed by atoms with E-state index in [1.807, 2.05) is 0 Å². The van der Waals surface area contributed by atoms with Gasteiger partial charge in [0.15, 0.2) is 0 Å². The average molecular weight is 235 g/mol. The van der Waals surface area contributed by atoms with E-state index in [1.54, 1.807) is 17.5 Å². The summed E-state index contributed by atoms with van der Waals surface area (Å²) in [6.45, 7) is 0. The van der Waals surface area contributed by atoms with Crippen molar-refractivity contribution in [3.8, 4) is 10.7 Å². The fourth-order valence-corrected chi connectivity index (χ4v) is 2.75. The number of H-pyrrole nitrogens is 1. The van der Waals surface area contributed by atoms with Crippen LogP contribution in [0.5, 0.6) is 0 Å². The van der Waals surface area contributed by atoms with Crippen LogP contribution in [0.1, 0.15) is 25.0 Å². The third kappa shape index (κ3) is 1.74. The summed E-state index contributed by atoms with van der Waals surface area (Å²) in [6, 6.07) is 0. The maximum Gasteiger partial charge on any atom is 0.145 e. The van der Waals surface area contributed by atoms with Crippen molar-refractivity contribution in [2.45, 2.75) is 31.2 Å². The zero-order valence-electron chi connectivity index (χ0n) is 8.81. The Morgan fingerprint density at radius 1 is 1.50 bits per heavy atom. The summed E-state index contributed by atoms with van der Waals surface area (Å²) in [5.41, 5.74) is 8.06. The first-order chi connectivity index (χ1) is 7.75. The number of aromatic amines is 1. The van der Waals surface area contributed by atoms with Crippen LogP contribution in [0.2, 0.25) is 0 Å². The second-order valence-corrected chi connectivity index (χ2v) is 5.25. The van der Waals surface area contributed by atoms with Crippen LogP contribution in [-0.2, 0) is 6.42 Å². The molecule has 0 saturated heterocycles. The molecule has 3 N–H and O–H groups in total. The lowest BCUT2D eigenvalue weighted by atomic mass is 9.75. The van der Waals surface area contributed by atoms with Crippen molar-refractivity contribution >= 4 is 11.3 Å². The molecule has 2 aromatic heterocycles. The number of hydrogen-bond acceptors (Lipinski definition) is 5. The standard InChI is InChI=1S/C10H13N5S/c11-10(2-1-3-10)4-7-6-16-9(13-7)8-5-12-15-14-8/h5-6H,1-4,11H2,(H,12,14,15). The van der Waals surface area contributed by atoms with Crippen molar-refractivity contribution in [2.75, 3.05) is 0 Å². The normalized spacial score (nSPS) is 18.3. The van der Waals surface area contributed by atoms with E-state index in [0.717, 1.165) is 35.7 Å². The predicted octanol–water partition coefficient (Wildman–Crippen LogP) is 1.35. The number of nitrogens with one attached hydrogen (secondary N) is 1. The van der Waals surface area contributed by atoms with E-state index in [9.17, 15) is 0 Å². The Morgan fingerprint density at radius 3 is 3.00 bits per heavy atom. The highest BCUT2D eigenvalue weighted by Crippen LogP contribution is 2.33. The molecular weight excluding hydrogens is 222 g/mol. The van der Waals surface area contributed by atoms with E-state index < -0.39 is 0 Å². The van der Waals surface area contributed by atoms with Gasteiger partial charge < -0.3 is 5.73 Å². The lowest BCUT2D eigenvalue weighted by molar-refractivity contribution is 0.246. The van der Waals surface area contributed by atoms with Crippen molar-refractivity contribution in [3.05, 3.63) is 17.3 Å². The number of nitrogens with two attached hydrogens (primary N) is 1. The van der Waals surface area contributed by atoms with E-state index in [-0.39, 0.29) is 5.54 Å². The van der Waals surface area contributed by atoms with Crippen molar-refractivity contribution in [1.29, 1.82) is 0 Å². The lowest BCUT2D eigenvalue weighted by Gasteiger charge is -2.37. The van der Waals surface area contributed by atoms with Crippen LogP contribution in [0.25, 0.3) is 10.7 Å². The second-order valence-electron chi connectivity index (χ2n) is 4.39. The van der Waals surface area contributed by atoms with Crippen molar-refractivity contribution < 1.29 is 0 Å². The first kappa shape index (κ1) is 9.92. The molecule has 5 nitrogen and oxygen atoms in total. The van der Waals surface area contributed by atoms with Gasteiger partial charge in [-0.05, 0) is 19.3 Å². The molecule has 0 bridgehead atoms.